The summed E-state index contributed by atoms with van der Waals surface area (Å²) < 4.78 is 17.1. The molecular formula is C15H23O3P. The number of rotatable bonds is 2. The molecule has 3 nitrogen and oxygen atoms in total. The summed E-state index contributed by atoms with van der Waals surface area (Å²) in [5.74, 6) is 0.818. The van der Waals surface area contributed by atoms with Gasteiger partial charge in [-0.1, -0.05) is 46.8 Å². The van der Waals surface area contributed by atoms with E-state index in [2.05, 4.69) is 46.8 Å². The standard InChI is InChI=1S/C15H23O3P/c1-14(2,3)12-7-6-8-13(9-12)18-19-16-10-15(4,5)11-17-19/h6-9H,10-11H2,1-5H3. The first kappa shape index (κ1) is 14.8. The maximum atomic E-state index is 5.80. The topological polar surface area (TPSA) is 27.7 Å². The second-order valence-corrected chi connectivity index (χ2v) is 7.95. The molecule has 0 unspecified atom stereocenters. The van der Waals surface area contributed by atoms with E-state index in [-0.39, 0.29) is 10.8 Å². The fourth-order valence-corrected chi connectivity index (χ4v) is 3.07. The van der Waals surface area contributed by atoms with Crippen molar-refractivity contribution in [1.82, 2.24) is 0 Å². The zero-order chi connectivity index (χ0) is 14.1. The summed E-state index contributed by atoms with van der Waals surface area (Å²) in [6.45, 7) is 12.2. The molecule has 4 heteroatoms. The van der Waals surface area contributed by atoms with Gasteiger partial charge in [0.2, 0.25) is 0 Å². The quantitative estimate of drug-likeness (QED) is 0.738. The van der Waals surface area contributed by atoms with Crippen molar-refractivity contribution in [1.29, 1.82) is 0 Å². The van der Waals surface area contributed by atoms with Crippen LogP contribution in [-0.2, 0) is 14.5 Å². The van der Waals surface area contributed by atoms with Crippen molar-refractivity contribution in [2.45, 2.75) is 40.0 Å². The Morgan fingerprint density at radius 2 is 1.79 bits per heavy atom. The maximum Gasteiger partial charge on any atom is 0.397 e. The fourth-order valence-electron chi connectivity index (χ4n) is 1.69. The van der Waals surface area contributed by atoms with Gasteiger partial charge in [-0.3, -0.25) is 0 Å². The van der Waals surface area contributed by atoms with Crippen LogP contribution in [-0.4, -0.2) is 13.2 Å². The summed E-state index contributed by atoms with van der Waals surface area (Å²) in [7, 11) is -1.25. The molecule has 0 amide bonds. The van der Waals surface area contributed by atoms with Gasteiger partial charge in [-0.25, -0.2) is 0 Å². The SMILES string of the molecule is CC1(C)COP(Oc2cccc(C(C)(C)C)c2)OC1. The Kier molecular flexibility index (Phi) is 4.20. The van der Waals surface area contributed by atoms with Gasteiger partial charge in [0.05, 0.1) is 13.2 Å². The summed E-state index contributed by atoms with van der Waals surface area (Å²) in [5.41, 5.74) is 1.44. The molecule has 1 aromatic rings. The lowest BCUT2D eigenvalue weighted by Gasteiger charge is -2.32. The molecule has 106 valence electrons. The van der Waals surface area contributed by atoms with Gasteiger partial charge in [0.1, 0.15) is 5.75 Å². The lowest BCUT2D eigenvalue weighted by Crippen LogP contribution is -2.29. The fraction of sp³-hybridized carbons (Fsp3) is 0.600. The average molecular weight is 282 g/mol. The monoisotopic (exact) mass is 282 g/mol. The predicted molar refractivity (Wildman–Crippen MR) is 78.4 cm³/mol. The van der Waals surface area contributed by atoms with E-state index < -0.39 is 8.60 Å². The zero-order valence-corrected chi connectivity index (χ0v) is 13.3. The van der Waals surface area contributed by atoms with E-state index >= 15 is 0 Å². The van der Waals surface area contributed by atoms with Gasteiger partial charge >= 0.3 is 8.60 Å². The van der Waals surface area contributed by atoms with Gasteiger partial charge in [0.25, 0.3) is 0 Å². The van der Waals surface area contributed by atoms with Crippen LogP contribution in [0.25, 0.3) is 0 Å². The molecule has 1 aliphatic heterocycles. The van der Waals surface area contributed by atoms with Gasteiger partial charge in [0, 0.05) is 5.41 Å². The molecule has 1 aromatic carbocycles. The summed E-state index contributed by atoms with van der Waals surface area (Å²) in [6, 6.07) is 8.14. The highest BCUT2D eigenvalue weighted by Crippen LogP contribution is 2.47. The Balaban J connectivity index is 2.00. The van der Waals surface area contributed by atoms with Crippen LogP contribution in [0.5, 0.6) is 5.75 Å². The highest BCUT2D eigenvalue weighted by Gasteiger charge is 2.31. The molecule has 0 spiro atoms. The summed E-state index contributed by atoms with van der Waals surface area (Å²) in [6.07, 6.45) is 0. The highest BCUT2D eigenvalue weighted by molar-refractivity contribution is 7.42. The molecule has 0 atom stereocenters. The van der Waals surface area contributed by atoms with Crippen LogP contribution >= 0.6 is 8.60 Å². The second-order valence-electron chi connectivity index (χ2n) is 6.80. The third kappa shape index (κ3) is 4.17. The average Bonchev–Trinajstić information content (AvgIpc) is 2.31. The third-order valence-electron chi connectivity index (χ3n) is 3.00. The van der Waals surface area contributed by atoms with Crippen LogP contribution in [0.2, 0.25) is 0 Å². The second kappa shape index (κ2) is 5.40. The summed E-state index contributed by atoms with van der Waals surface area (Å²) >= 11 is 0. The molecule has 1 saturated heterocycles. The normalized spacial score (nSPS) is 20.3. The molecule has 0 aliphatic carbocycles. The third-order valence-corrected chi connectivity index (χ3v) is 4.04. The molecule has 0 bridgehead atoms. The molecular weight excluding hydrogens is 259 g/mol. The smallest absolute Gasteiger partial charge is 0.397 e. The van der Waals surface area contributed by atoms with E-state index in [9.17, 15) is 0 Å². The van der Waals surface area contributed by atoms with Gasteiger partial charge in [-0.2, -0.15) is 0 Å². The predicted octanol–water partition coefficient (Wildman–Crippen LogP) is 4.66. The minimum Gasteiger partial charge on any atom is -0.427 e. The van der Waals surface area contributed by atoms with Gasteiger partial charge in [0.15, 0.2) is 0 Å². The van der Waals surface area contributed by atoms with Crippen molar-refractivity contribution >= 4 is 8.60 Å². The molecule has 0 N–H and O–H groups in total. The first-order chi connectivity index (χ1) is 8.76. The largest absolute Gasteiger partial charge is 0.427 e. The van der Waals surface area contributed by atoms with Gasteiger partial charge in [-0.15, -0.1) is 0 Å². The van der Waals surface area contributed by atoms with Crippen LogP contribution in [0.3, 0.4) is 0 Å². The number of benzene rings is 1. The van der Waals surface area contributed by atoms with Crippen molar-refractivity contribution in [3.8, 4) is 5.75 Å². The Labute approximate surface area is 117 Å². The first-order valence-corrected chi connectivity index (χ1v) is 7.70. The van der Waals surface area contributed by atoms with Crippen LogP contribution in [0.1, 0.15) is 40.2 Å². The van der Waals surface area contributed by atoms with Crippen LogP contribution in [0, 0.1) is 5.41 Å². The highest BCUT2D eigenvalue weighted by atomic mass is 31.2. The Bertz CT molecular complexity index is 427. The maximum absolute atomic E-state index is 5.80. The van der Waals surface area contributed by atoms with Crippen molar-refractivity contribution < 1.29 is 13.6 Å². The van der Waals surface area contributed by atoms with Crippen molar-refractivity contribution in [3.05, 3.63) is 29.8 Å². The minimum atomic E-state index is -1.25. The van der Waals surface area contributed by atoms with Gasteiger partial charge in [-0.05, 0) is 23.1 Å². The van der Waals surface area contributed by atoms with E-state index in [1.807, 2.05) is 12.1 Å². The molecule has 2 rings (SSSR count). The van der Waals surface area contributed by atoms with Crippen molar-refractivity contribution in [3.63, 3.8) is 0 Å². The van der Waals surface area contributed by atoms with Crippen LogP contribution < -0.4 is 4.52 Å². The number of hydrogen-bond donors (Lipinski definition) is 0. The molecule has 1 heterocycles. The Morgan fingerprint density at radius 1 is 1.16 bits per heavy atom. The lowest BCUT2D eigenvalue weighted by molar-refractivity contribution is 0.0426. The summed E-state index contributed by atoms with van der Waals surface area (Å²) in [4.78, 5) is 0. The molecule has 0 aromatic heterocycles. The Hall–Kier alpha value is -0.630. The molecule has 0 radical (unpaired) electrons. The Morgan fingerprint density at radius 3 is 2.37 bits per heavy atom. The van der Waals surface area contributed by atoms with Crippen LogP contribution in [0.15, 0.2) is 24.3 Å². The summed E-state index contributed by atoms with van der Waals surface area (Å²) in [5, 5.41) is 0. The van der Waals surface area contributed by atoms with E-state index in [1.165, 1.54) is 5.56 Å². The van der Waals surface area contributed by atoms with Crippen molar-refractivity contribution in [2.75, 3.05) is 13.2 Å². The first-order valence-electron chi connectivity index (χ1n) is 6.61. The lowest BCUT2D eigenvalue weighted by atomic mass is 9.87. The van der Waals surface area contributed by atoms with E-state index in [0.29, 0.717) is 13.2 Å². The van der Waals surface area contributed by atoms with E-state index in [0.717, 1.165) is 5.75 Å². The molecule has 19 heavy (non-hydrogen) atoms. The zero-order valence-electron chi connectivity index (χ0n) is 12.4. The molecule has 0 saturated carbocycles. The number of hydrogen-bond acceptors (Lipinski definition) is 3. The van der Waals surface area contributed by atoms with Gasteiger partial charge < -0.3 is 13.6 Å². The minimum absolute atomic E-state index is 0.0788. The molecule has 1 fully saturated rings. The van der Waals surface area contributed by atoms with Crippen molar-refractivity contribution in [2.24, 2.45) is 5.41 Å². The van der Waals surface area contributed by atoms with Crippen LogP contribution in [0.4, 0.5) is 0 Å². The van der Waals surface area contributed by atoms with E-state index in [1.54, 1.807) is 0 Å². The molecule has 1 aliphatic rings. The van der Waals surface area contributed by atoms with E-state index in [4.69, 9.17) is 13.6 Å².